The van der Waals surface area contributed by atoms with Gasteiger partial charge in [-0.3, -0.25) is 14.4 Å². The van der Waals surface area contributed by atoms with Crippen molar-refractivity contribution in [3.8, 4) is 5.75 Å². The molecule has 0 aromatic heterocycles. The predicted molar refractivity (Wildman–Crippen MR) is 158 cm³/mol. The van der Waals surface area contributed by atoms with Crippen LogP contribution in [0.4, 0.5) is 10.5 Å². The summed E-state index contributed by atoms with van der Waals surface area (Å²) in [5.41, 5.74) is 7.06. The summed E-state index contributed by atoms with van der Waals surface area (Å²) in [7, 11) is 0. The molecule has 0 fully saturated rings. The second-order valence-electron chi connectivity index (χ2n) is 11.2. The first kappa shape index (κ1) is 33.1. The van der Waals surface area contributed by atoms with Gasteiger partial charge in [0.15, 0.2) is 0 Å². The number of nitrogens with zero attached hydrogens (tertiary/aromatic N) is 1. The van der Waals surface area contributed by atoms with E-state index in [4.69, 9.17) is 10.5 Å². The minimum Gasteiger partial charge on any atom is -0.508 e. The van der Waals surface area contributed by atoms with Gasteiger partial charge in [0.05, 0.1) is 6.42 Å². The van der Waals surface area contributed by atoms with E-state index in [1.807, 2.05) is 32.0 Å². The van der Waals surface area contributed by atoms with E-state index in [2.05, 4.69) is 17.6 Å². The minimum absolute atomic E-state index is 0.128. The van der Waals surface area contributed by atoms with Crippen LogP contribution in [0.2, 0.25) is 0 Å². The van der Waals surface area contributed by atoms with Crippen LogP contribution in [0, 0.1) is 13.8 Å². The van der Waals surface area contributed by atoms with E-state index in [1.54, 1.807) is 39.0 Å². The molecule has 0 aliphatic rings. The van der Waals surface area contributed by atoms with E-state index in [1.165, 1.54) is 11.0 Å². The van der Waals surface area contributed by atoms with Crippen molar-refractivity contribution in [1.29, 1.82) is 0 Å². The quantitative estimate of drug-likeness (QED) is 0.253. The number of benzene rings is 2. The maximum absolute atomic E-state index is 14.1. The topological polar surface area (TPSA) is 151 Å². The Balaban J connectivity index is 2.60. The lowest BCUT2D eigenvalue weighted by molar-refractivity contribution is -0.142. The molecule has 10 nitrogen and oxygen atoms in total. The third-order valence-corrected chi connectivity index (χ3v) is 6.45. The molecule has 2 rings (SSSR count). The summed E-state index contributed by atoms with van der Waals surface area (Å²) in [6.07, 6.45) is 1.80. The van der Waals surface area contributed by atoms with Gasteiger partial charge in [0, 0.05) is 17.8 Å². The number of phenolic OH excluding ortho intramolecular Hbond substituents is 1. The van der Waals surface area contributed by atoms with E-state index in [9.17, 15) is 24.3 Å². The van der Waals surface area contributed by atoms with Gasteiger partial charge in [0.2, 0.25) is 11.8 Å². The van der Waals surface area contributed by atoms with Crippen LogP contribution in [0.15, 0.2) is 42.5 Å². The number of amides is 4. The number of unbranched alkanes of at least 4 members (excludes halogenated alkanes) is 3. The van der Waals surface area contributed by atoms with Gasteiger partial charge < -0.3 is 31.1 Å². The third kappa shape index (κ3) is 10.1. The number of alkyl carbamates (subject to hydrolysis) is 1. The molecule has 0 radical (unpaired) electrons. The van der Waals surface area contributed by atoms with Crippen molar-refractivity contribution in [3.05, 3.63) is 59.2 Å². The highest BCUT2D eigenvalue weighted by Crippen LogP contribution is 2.32. The summed E-state index contributed by atoms with van der Waals surface area (Å²) < 4.78 is 5.32. The molecular formula is C31H44N4O6. The molecule has 10 heteroatoms. The highest BCUT2D eigenvalue weighted by molar-refractivity contribution is 6.00. The van der Waals surface area contributed by atoms with E-state index in [0.29, 0.717) is 12.1 Å². The fraction of sp³-hybridized carbons (Fsp3) is 0.484. The number of ether oxygens (including phenoxy) is 1. The van der Waals surface area contributed by atoms with Crippen molar-refractivity contribution in [2.75, 3.05) is 11.9 Å². The Morgan fingerprint density at radius 1 is 0.976 bits per heavy atom. The maximum atomic E-state index is 14.1. The van der Waals surface area contributed by atoms with Gasteiger partial charge in [-0.2, -0.15) is 0 Å². The summed E-state index contributed by atoms with van der Waals surface area (Å²) in [6, 6.07) is 9.21. The summed E-state index contributed by atoms with van der Waals surface area (Å²) >= 11 is 0. The molecule has 5 N–H and O–H groups in total. The van der Waals surface area contributed by atoms with Gasteiger partial charge >= 0.3 is 6.09 Å². The van der Waals surface area contributed by atoms with Crippen molar-refractivity contribution in [2.24, 2.45) is 5.73 Å². The number of aryl methyl sites for hydroxylation is 2. The summed E-state index contributed by atoms with van der Waals surface area (Å²) in [4.78, 5) is 54.1. The number of carbonyl (C=O) groups is 4. The first-order chi connectivity index (χ1) is 19.2. The van der Waals surface area contributed by atoms with Crippen molar-refractivity contribution in [2.45, 2.75) is 91.3 Å². The number of aromatic hydroxyl groups is 1. The van der Waals surface area contributed by atoms with Crippen molar-refractivity contribution < 1.29 is 29.0 Å². The molecule has 0 bridgehead atoms. The van der Waals surface area contributed by atoms with Crippen LogP contribution >= 0.6 is 0 Å². The van der Waals surface area contributed by atoms with Crippen molar-refractivity contribution in [1.82, 2.24) is 10.2 Å². The first-order valence-electron chi connectivity index (χ1n) is 14.0. The molecule has 0 aliphatic heterocycles. The van der Waals surface area contributed by atoms with E-state index in [-0.39, 0.29) is 17.9 Å². The van der Waals surface area contributed by atoms with Gasteiger partial charge in [-0.15, -0.1) is 0 Å². The van der Waals surface area contributed by atoms with Crippen LogP contribution in [0.25, 0.3) is 0 Å². The zero-order valence-corrected chi connectivity index (χ0v) is 25.0. The summed E-state index contributed by atoms with van der Waals surface area (Å²) in [6.45, 7) is 10.9. The molecule has 2 aromatic carbocycles. The molecule has 4 amide bonds. The Kier molecular flexibility index (Phi) is 12.2. The molecule has 224 valence electrons. The number of phenols is 1. The molecule has 0 spiro atoms. The molecule has 0 saturated heterocycles. The zero-order valence-electron chi connectivity index (χ0n) is 25.0. The second-order valence-corrected chi connectivity index (χ2v) is 11.2. The van der Waals surface area contributed by atoms with Crippen LogP contribution in [-0.2, 0) is 19.1 Å². The van der Waals surface area contributed by atoms with E-state index < -0.39 is 47.9 Å². The van der Waals surface area contributed by atoms with Crippen LogP contribution < -0.4 is 16.4 Å². The maximum Gasteiger partial charge on any atom is 0.408 e. The SMILES string of the molecule is CCCCCCN(C(=O)C(CC(N)=O)NC(=O)OC(C)(C)C)C(C(=O)Nc1c(C)cccc1C)c1ccccc1O. The monoisotopic (exact) mass is 568 g/mol. The average molecular weight is 569 g/mol. The lowest BCUT2D eigenvalue weighted by Gasteiger charge is -2.34. The van der Waals surface area contributed by atoms with Crippen LogP contribution in [0.3, 0.4) is 0 Å². The van der Waals surface area contributed by atoms with Crippen LogP contribution in [0.1, 0.15) is 82.5 Å². The number of carbonyl (C=O) groups excluding carboxylic acids is 4. The third-order valence-electron chi connectivity index (χ3n) is 6.45. The minimum atomic E-state index is -1.39. The van der Waals surface area contributed by atoms with Gasteiger partial charge in [-0.1, -0.05) is 62.6 Å². The zero-order chi connectivity index (χ0) is 30.7. The van der Waals surface area contributed by atoms with Gasteiger partial charge in [0.1, 0.15) is 23.4 Å². The van der Waals surface area contributed by atoms with Gasteiger partial charge in [0.25, 0.3) is 5.91 Å². The summed E-state index contributed by atoms with van der Waals surface area (Å²) in [5, 5.41) is 16.2. The molecule has 0 heterocycles. The van der Waals surface area contributed by atoms with Crippen LogP contribution in [-0.4, -0.2) is 52.0 Å². The highest BCUT2D eigenvalue weighted by Gasteiger charge is 2.38. The number of anilines is 1. The standard InChI is InChI=1S/C31H44N4O6/c1-7-8-9-12-18-35(29(39)23(19-25(32)37)33-30(40)41-31(4,5)6)27(22-16-10-11-17-24(22)36)28(38)34-26-20(2)14-13-15-21(26)3/h10-11,13-17,23,27,36H,7-9,12,18-19H2,1-6H3,(H2,32,37)(H,33,40)(H,34,38). The molecule has 0 aliphatic carbocycles. The smallest absolute Gasteiger partial charge is 0.408 e. The number of rotatable bonds is 13. The molecule has 41 heavy (non-hydrogen) atoms. The molecule has 2 aromatic rings. The predicted octanol–water partition coefficient (Wildman–Crippen LogP) is 4.87. The first-order valence-corrected chi connectivity index (χ1v) is 14.0. The lowest BCUT2D eigenvalue weighted by Crippen LogP contribution is -2.53. The fourth-order valence-electron chi connectivity index (χ4n) is 4.50. The number of hydrogen-bond donors (Lipinski definition) is 4. The van der Waals surface area contributed by atoms with Crippen molar-refractivity contribution in [3.63, 3.8) is 0 Å². The number of para-hydroxylation sites is 2. The Morgan fingerprint density at radius 2 is 1.61 bits per heavy atom. The van der Waals surface area contributed by atoms with Crippen LogP contribution in [0.5, 0.6) is 5.75 Å². The average Bonchev–Trinajstić information content (AvgIpc) is 2.86. The molecule has 2 unspecified atom stereocenters. The Labute approximate surface area is 242 Å². The summed E-state index contributed by atoms with van der Waals surface area (Å²) in [5.74, 6) is -2.24. The van der Waals surface area contributed by atoms with Gasteiger partial charge in [-0.25, -0.2) is 4.79 Å². The van der Waals surface area contributed by atoms with Gasteiger partial charge in [-0.05, 0) is 58.2 Å². The normalized spacial score (nSPS) is 12.6. The molecule has 2 atom stereocenters. The molecular weight excluding hydrogens is 524 g/mol. The Hall–Kier alpha value is -4.08. The second kappa shape index (κ2) is 15.1. The number of primary amides is 1. The highest BCUT2D eigenvalue weighted by atomic mass is 16.6. The number of nitrogens with two attached hydrogens (primary N) is 1. The molecule has 0 saturated carbocycles. The Bertz CT molecular complexity index is 1200. The van der Waals surface area contributed by atoms with E-state index in [0.717, 1.165) is 30.4 Å². The van der Waals surface area contributed by atoms with Crippen molar-refractivity contribution >= 4 is 29.5 Å². The largest absolute Gasteiger partial charge is 0.508 e. The lowest BCUT2D eigenvalue weighted by atomic mass is 9.99. The van der Waals surface area contributed by atoms with E-state index >= 15 is 0 Å². The fourth-order valence-corrected chi connectivity index (χ4v) is 4.50. The number of nitrogens with one attached hydrogen (secondary N) is 2. The number of hydrogen-bond acceptors (Lipinski definition) is 6. The Morgan fingerprint density at radius 3 is 2.17 bits per heavy atom.